The van der Waals surface area contributed by atoms with E-state index in [1.165, 1.54) is 0 Å². The smallest absolute Gasteiger partial charge is 0.299 e. The van der Waals surface area contributed by atoms with Crippen molar-refractivity contribution in [1.29, 1.82) is 0 Å². The Labute approximate surface area is 157 Å². The van der Waals surface area contributed by atoms with E-state index in [0.717, 1.165) is 31.0 Å². The number of para-hydroxylation sites is 1. The highest BCUT2D eigenvalue weighted by atomic mass is 16.5. The second-order valence-electron chi connectivity index (χ2n) is 6.78. The molecule has 1 aliphatic heterocycles. The van der Waals surface area contributed by atoms with Crippen molar-refractivity contribution in [2.75, 3.05) is 26.7 Å². The van der Waals surface area contributed by atoms with Gasteiger partial charge in [0.05, 0.1) is 28.7 Å². The summed E-state index contributed by atoms with van der Waals surface area (Å²) in [5.74, 6) is 0.235. The molecule has 1 aliphatic rings. The summed E-state index contributed by atoms with van der Waals surface area (Å²) in [4.78, 5) is 19.6. The summed E-state index contributed by atoms with van der Waals surface area (Å²) in [6.45, 7) is 6.23. The van der Waals surface area contributed by atoms with Crippen LogP contribution in [0.25, 0.3) is 5.69 Å². The van der Waals surface area contributed by atoms with E-state index in [1.54, 1.807) is 4.68 Å². The van der Waals surface area contributed by atoms with Gasteiger partial charge in [-0.1, -0.05) is 23.4 Å². The molecule has 1 N–H and O–H groups in total. The minimum Gasteiger partial charge on any atom is -0.330 e. The molecule has 1 atom stereocenters. The van der Waals surface area contributed by atoms with Crippen LogP contribution in [0.3, 0.4) is 0 Å². The molecule has 0 spiro atoms. The predicted molar refractivity (Wildman–Crippen MR) is 99.0 cm³/mol. The summed E-state index contributed by atoms with van der Waals surface area (Å²) in [5, 5.41) is 11.9. The summed E-state index contributed by atoms with van der Waals surface area (Å²) in [7, 11) is 2.02. The van der Waals surface area contributed by atoms with Gasteiger partial charge in [-0.2, -0.15) is 10.1 Å². The zero-order chi connectivity index (χ0) is 19.0. The molecule has 0 aliphatic carbocycles. The number of hydrogen-bond donors (Lipinski definition) is 1. The van der Waals surface area contributed by atoms with Crippen molar-refractivity contribution in [3.8, 4) is 5.69 Å². The number of piperazine rings is 1. The molecule has 3 heterocycles. The van der Waals surface area contributed by atoms with E-state index in [-0.39, 0.29) is 17.7 Å². The van der Waals surface area contributed by atoms with E-state index in [9.17, 15) is 4.79 Å². The molecule has 8 nitrogen and oxygen atoms in total. The third-order valence-corrected chi connectivity index (χ3v) is 4.96. The highest BCUT2D eigenvalue weighted by molar-refractivity contribution is 6.07. The number of nitrogens with one attached hydrogen (secondary N) is 1. The Kier molecular flexibility index (Phi) is 4.59. The number of benzene rings is 1. The van der Waals surface area contributed by atoms with Gasteiger partial charge in [-0.05, 0) is 33.0 Å². The first kappa shape index (κ1) is 17.6. The lowest BCUT2D eigenvalue weighted by atomic mass is 10.1. The molecule has 0 bridgehead atoms. The van der Waals surface area contributed by atoms with Gasteiger partial charge in [0, 0.05) is 19.6 Å². The topological polar surface area (TPSA) is 89.1 Å². The Balaban J connectivity index is 1.65. The molecule has 8 heteroatoms. The van der Waals surface area contributed by atoms with Gasteiger partial charge in [0.25, 0.3) is 11.7 Å². The number of aryl methyl sites for hydroxylation is 1. The molecule has 140 valence electrons. The molecule has 1 fully saturated rings. The number of carbonyl (C=O) groups excluding carboxylic acids is 1. The van der Waals surface area contributed by atoms with Crippen molar-refractivity contribution in [3.05, 3.63) is 59.0 Å². The SMILES string of the molecule is Cc1nn(-c2ccccc2)c(C)c1C(=O)c1nc(C2CNCCN2C)no1. The normalized spacial score (nSPS) is 18.0. The number of ketones is 1. The summed E-state index contributed by atoms with van der Waals surface area (Å²) in [6, 6.07) is 9.71. The largest absolute Gasteiger partial charge is 0.330 e. The number of rotatable bonds is 4. The lowest BCUT2D eigenvalue weighted by molar-refractivity contribution is 0.0992. The molecule has 4 rings (SSSR count). The summed E-state index contributed by atoms with van der Waals surface area (Å²) in [6.07, 6.45) is 0. The van der Waals surface area contributed by atoms with Crippen molar-refractivity contribution in [1.82, 2.24) is 30.1 Å². The van der Waals surface area contributed by atoms with Crippen LogP contribution >= 0.6 is 0 Å². The van der Waals surface area contributed by atoms with Gasteiger partial charge in [0.15, 0.2) is 5.82 Å². The van der Waals surface area contributed by atoms with E-state index in [1.807, 2.05) is 51.2 Å². The van der Waals surface area contributed by atoms with Crippen molar-refractivity contribution in [2.45, 2.75) is 19.9 Å². The Hall–Kier alpha value is -2.84. The first-order chi connectivity index (χ1) is 13.1. The Morgan fingerprint density at radius 3 is 2.78 bits per heavy atom. The molecule has 1 saturated heterocycles. The lowest BCUT2D eigenvalue weighted by Gasteiger charge is -2.30. The minimum atomic E-state index is -0.294. The molecule has 27 heavy (non-hydrogen) atoms. The van der Waals surface area contributed by atoms with E-state index >= 15 is 0 Å². The van der Waals surface area contributed by atoms with Crippen LogP contribution < -0.4 is 5.32 Å². The van der Waals surface area contributed by atoms with Gasteiger partial charge in [-0.25, -0.2) is 4.68 Å². The average molecular weight is 366 g/mol. The number of hydrogen-bond acceptors (Lipinski definition) is 7. The molecule has 1 unspecified atom stereocenters. The van der Waals surface area contributed by atoms with Gasteiger partial charge in [0.2, 0.25) is 0 Å². The van der Waals surface area contributed by atoms with Gasteiger partial charge in [-0.3, -0.25) is 9.69 Å². The molecular weight excluding hydrogens is 344 g/mol. The Morgan fingerprint density at radius 2 is 2.04 bits per heavy atom. The van der Waals surface area contributed by atoms with Crippen LogP contribution in [0.2, 0.25) is 0 Å². The van der Waals surface area contributed by atoms with Crippen LogP contribution in [-0.2, 0) is 0 Å². The summed E-state index contributed by atoms with van der Waals surface area (Å²) in [5.41, 5.74) is 2.79. The van der Waals surface area contributed by atoms with Crippen LogP contribution in [0, 0.1) is 13.8 Å². The van der Waals surface area contributed by atoms with Crippen molar-refractivity contribution >= 4 is 5.78 Å². The van der Waals surface area contributed by atoms with Crippen LogP contribution in [0.5, 0.6) is 0 Å². The maximum absolute atomic E-state index is 13.0. The second kappa shape index (κ2) is 7.05. The summed E-state index contributed by atoms with van der Waals surface area (Å²) < 4.78 is 7.07. The quantitative estimate of drug-likeness (QED) is 0.703. The number of carbonyl (C=O) groups is 1. The fraction of sp³-hybridized carbons (Fsp3) is 0.368. The second-order valence-corrected chi connectivity index (χ2v) is 6.78. The third-order valence-electron chi connectivity index (χ3n) is 4.96. The number of aromatic nitrogens is 4. The third kappa shape index (κ3) is 3.17. The maximum atomic E-state index is 13.0. The minimum absolute atomic E-state index is 0.00159. The first-order valence-electron chi connectivity index (χ1n) is 8.97. The van der Waals surface area contributed by atoms with Gasteiger partial charge < -0.3 is 9.84 Å². The van der Waals surface area contributed by atoms with Crippen LogP contribution in [0.15, 0.2) is 34.9 Å². The van der Waals surface area contributed by atoms with E-state index in [4.69, 9.17) is 4.52 Å². The molecule has 0 saturated carbocycles. The zero-order valence-electron chi connectivity index (χ0n) is 15.6. The first-order valence-corrected chi connectivity index (χ1v) is 8.97. The number of nitrogens with zero attached hydrogens (tertiary/aromatic N) is 5. The maximum Gasteiger partial charge on any atom is 0.299 e. The van der Waals surface area contributed by atoms with Crippen LogP contribution in [0.4, 0.5) is 0 Å². The van der Waals surface area contributed by atoms with E-state index in [2.05, 4.69) is 25.5 Å². The molecule has 3 aromatic rings. The van der Waals surface area contributed by atoms with Crippen molar-refractivity contribution in [2.24, 2.45) is 0 Å². The van der Waals surface area contributed by atoms with Crippen LogP contribution in [-0.4, -0.2) is 57.3 Å². The fourth-order valence-electron chi connectivity index (χ4n) is 3.46. The molecule has 0 amide bonds. The molecule has 1 aromatic carbocycles. The zero-order valence-corrected chi connectivity index (χ0v) is 15.6. The number of likely N-dealkylation sites (N-methyl/N-ethyl adjacent to an activating group) is 1. The Morgan fingerprint density at radius 1 is 1.26 bits per heavy atom. The van der Waals surface area contributed by atoms with E-state index < -0.39 is 0 Å². The Bertz CT molecular complexity index is 962. The van der Waals surface area contributed by atoms with Gasteiger partial charge >= 0.3 is 0 Å². The molecule has 0 radical (unpaired) electrons. The fourth-order valence-corrected chi connectivity index (χ4v) is 3.46. The standard InChI is InChI=1S/C19H22N6O2/c1-12-16(13(2)25(22-12)14-7-5-4-6-8-14)17(26)19-21-18(23-27-19)15-11-20-9-10-24(15)3/h4-8,15,20H,9-11H2,1-3H3. The summed E-state index contributed by atoms with van der Waals surface area (Å²) >= 11 is 0. The molecule has 2 aromatic heterocycles. The van der Waals surface area contributed by atoms with Gasteiger partial charge in [0.1, 0.15) is 0 Å². The van der Waals surface area contributed by atoms with Crippen molar-refractivity contribution < 1.29 is 9.32 Å². The predicted octanol–water partition coefficient (Wildman–Crippen LogP) is 1.68. The lowest BCUT2D eigenvalue weighted by Crippen LogP contribution is -2.44. The van der Waals surface area contributed by atoms with Crippen molar-refractivity contribution in [3.63, 3.8) is 0 Å². The van der Waals surface area contributed by atoms with E-state index in [0.29, 0.717) is 17.1 Å². The highest BCUT2D eigenvalue weighted by Gasteiger charge is 2.29. The molecular formula is C19H22N6O2. The van der Waals surface area contributed by atoms with Crippen LogP contribution in [0.1, 0.15) is 39.5 Å². The highest BCUT2D eigenvalue weighted by Crippen LogP contribution is 2.22. The average Bonchev–Trinajstić information content (AvgIpc) is 3.27. The monoisotopic (exact) mass is 366 g/mol. The van der Waals surface area contributed by atoms with Gasteiger partial charge in [-0.15, -0.1) is 0 Å².